The number of hydrogen-bond acceptors (Lipinski definition) is 5. The fourth-order valence-corrected chi connectivity index (χ4v) is 3.64. The Hall–Kier alpha value is -1.30. The van der Waals surface area contributed by atoms with Crippen LogP contribution >= 0.6 is 0 Å². The number of ether oxygens (including phenoxy) is 1. The molecule has 0 spiro atoms. The maximum Gasteiger partial charge on any atom is 0.0641 e. The molecule has 1 saturated heterocycles. The highest BCUT2D eigenvalue weighted by molar-refractivity contribution is 5.62. The fraction of sp³-hybridized carbons (Fsp3) is 0.684. The van der Waals surface area contributed by atoms with Gasteiger partial charge in [-0.15, -0.1) is 0 Å². The van der Waals surface area contributed by atoms with E-state index in [-0.39, 0.29) is 0 Å². The van der Waals surface area contributed by atoms with Crippen LogP contribution in [0.5, 0.6) is 0 Å². The third kappa shape index (κ3) is 4.85. The summed E-state index contributed by atoms with van der Waals surface area (Å²) in [6, 6.07) is 6.30. The van der Waals surface area contributed by atoms with Crippen molar-refractivity contribution < 1.29 is 4.74 Å². The Kier molecular flexibility index (Phi) is 6.35. The van der Waals surface area contributed by atoms with Gasteiger partial charge in [0.15, 0.2) is 0 Å². The van der Waals surface area contributed by atoms with E-state index < -0.39 is 0 Å². The second-order valence-electron chi connectivity index (χ2n) is 7.09. The van der Waals surface area contributed by atoms with Gasteiger partial charge in [-0.25, -0.2) is 0 Å². The number of benzene rings is 1. The van der Waals surface area contributed by atoms with Crippen LogP contribution in [0.25, 0.3) is 0 Å². The lowest BCUT2D eigenvalue weighted by molar-refractivity contribution is 0.109. The molecule has 0 radical (unpaired) electrons. The van der Waals surface area contributed by atoms with E-state index in [9.17, 15) is 0 Å². The Bertz CT molecular complexity index is 514. The van der Waals surface area contributed by atoms with Gasteiger partial charge < -0.3 is 25.2 Å². The zero-order valence-corrected chi connectivity index (χ0v) is 15.0. The Labute approximate surface area is 146 Å². The molecule has 1 fully saturated rings. The van der Waals surface area contributed by atoms with E-state index in [1.54, 1.807) is 0 Å². The lowest BCUT2D eigenvalue weighted by Crippen LogP contribution is -2.44. The van der Waals surface area contributed by atoms with Crippen LogP contribution in [0.15, 0.2) is 18.2 Å². The summed E-state index contributed by atoms with van der Waals surface area (Å²) in [7, 11) is 2.20. The summed E-state index contributed by atoms with van der Waals surface area (Å²) in [6.45, 7) is 9.69. The van der Waals surface area contributed by atoms with Crippen molar-refractivity contribution in [1.29, 1.82) is 0 Å². The Morgan fingerprint density at radius 3 is 2.71 bits per heavy atom. The second kappa shape index (κ2) is 8.70. The maximum absolute atomic E-state index is 5.95. The number of hydrogen-bond donors (Lipinski definition) is 1. The number of nitrogen functional groups attached to an aromatic ring is 1. The molecule has 1 aromatic carbocycles. The average molecular weight is 332 g/mol. The summed E-state index contributed by atoms with van der Waals surface area (Å²) in [5, 5.41) is 0. The van der Waals surface area contributed by atoms with Gasteiger partial charge in [-0.05, 0) is 44.0 Å². The SMILES string of the molecule is CN1CCN(CCCOCCN2CCCc3ccc(N)cc32)CC1. The van der Waals surface area contributed by atoms with Crippen molar-refractivity contribution in [3.8, 4) is 0 Å². The highest BCUT2D eigenvalue weighted by Crippen LogP contribution is 2.28. The predicted octanol–water partition coefficient (Wildman–Crippen LogP) is 1.68. The van der Waals surface area contributed by atoms with Gasteiger partial charge in [0.2, 0.25) is 0 Å². The smallest absolute Gasteiger partial charge is 0.0641 e. The number of nitrogens with two attached hydrogens (primary N) is 1. The molecule has 1 aromatic rings. The third-order valence-corrected chi connectivity index (χ3v) is 5.19. The molecule has 3 rings (SSSR count). The van der Waals surface area contributed by atoms with E-state index >= 15 is 0 Å². The minimum absolute atomic E-state index is 0.803. The minimum atomic E-state index is 0.803. The van der Waals surface area contributed by atoms with Gasteiger partial charge in [0, 0.05) is 63.8 Å². The zero-order valence-electron chi connectivity index (χ0n) is 15.0. The average Bonchev–Trinajstić information content (AvgIpc) is 2.59. The summed E-state index contributed by atoms with van der Waals surface area (Å²) in [5.41, 5.74) is 9.54. The van der Waals surface area contributed by atoms with Crippen LogP contribution in [-0.4, -0.2) is 75.9 Å². The lowest BCUT2D eigenvalue weighted by atomic mass is 10.0. The molecule has 0 aliphatic carbocycles. The first-order valence-corrected chi connectivity index (χ1v) is 9.34. The number of aryl methyl sites for hydroxylation is 1. The van der Waals surface area contributed by atoms with Crippen molar-refractivity contribution >= 4 is 11.4 Å². The molecule has 5 heteroatoms. The predicted molar refractivity (Wildman–Crippen MR) is 101 cm³/mol. The van der Waals surface area contributed by atoms with Crippen LogP contribution in [0, 0.1) is 0 Å². The van der Waals surface area contributed by atoms with Crippen molar-refractivity contribution in [2.24, 2.45) is 0 Å². The number of anilines is 2. The first kappa shape index (κ1) is 17.5. The minimum Gasteiger partial charge on any atom is -0.399 e. The zero-order chi connectivity index (χ0) is 16.8. The van der Waals surface area contributed by atoms with Crippen molar-refractivity contribution in [1.82, 2.24) is 9.80 Å². The fourth-order valence-electron chi connectivity index (χ4n) is 3.64. The first-order valence-electron chi connectivity index (χ1n) is 9.34. The van der Waals surface area contributed by atoms with Crippen molar-refractivity contribution in [3.05, 3.63) is 23.8 Å². The number of rotatable bonds is 7. The summed E-state index contributed by atoms with van der Waals surface area (Å²) in [6.07, 6.45) is 3.52. The van der Waals surface area contributed by atoms with Crippen LogP contribution in [0.4, 0.5) is 11.4 Å². The van der Waals surface area contributed by atoms with Crippen LogP contribution in [0.3, 0.4) is 0 Å². The molecule has 2 N–H and O–H groups in total. The van der Waals surface area contributed by atoms with Crippen LogP contribution in [0.2, 0.25) is 0 Å². The van der Waals surface area contributed by atoms with Crippen LogP contribution < -0.4 is 10.6 Å². The molecule has 0 atom stereocenters. The topological polar surface area (TPSA) is 45.0 Å². The number of fused-ring (bicyclic) bond motifs is 1. The van der Waals surface area contributed by atoms with E-state index in [4.69, 9.17) is 10.5 Å². The molecule has 0 aromatic heterocycles. The monoisotopic (exact) mass is 332 g/mol. The molecule has 0 amide bonds. The van der Waals surface area contributed by atoms with Crippen LogP contribution in [-0.2, 0) is 11.2 Å². The van der Waals surface area contributed by atoms with Gasteiger partial charge in [-0.1, -0.05) is 6.07 Å². The van der Waals surface area contributed by atoms with Gasteiger partial charge in [-0.2, -0.15) is 0 Å². The molecule has 5 nitrogen and oxygen atoms in total. The molecule has 0 unspecified atom stereocenters. The standard InChI is InChI=1S/C19H32N4O/c1-21-9-11-22(12-10-21)7-3-14-24-15-13-23-8-2-4-17-5-6-18(20)16-19(17)23/h5-6,16H,2-4,7-15,20H2,1H3. The van der Waals surface area contributed by atoms with Crippen molar-refractivity contribution in [2.45, 2.75) is 19.3 Å². The largest absolute Gasteiger partial charge is 0.399 e. The second-order valence-corrected chi connectivity index (χ2v) is 7.09. The Balaban J connectivity index is 1.32. The van der Waals surface area contributed by atoms with E-state index in [2.05, 4.69) is 33.9 Å². The molecule has 134 valence electrons. The van der Waals surface area contributed by atoms with E-state index in [0.29, 0.717) is 0 Å². The molecular weight excluding hydrogens is 300 g/mol. The quantitative estimate of drug-likeness (QED) is 0.608. The lowest BCUT2D eigenvalue weighted by Gasteiger charge is -2.32. The summed E-state index contributed by atoms with van der Waals surface area (Å²) in [5.74, 6) is 0. The molecule has 0 bridgehead atoms. The normalized spacial score (nSPS) is 19.5. The van der Waals surface area contributed by atoms with E-state index in [0.717, 1.165) is 51.4 Å². The van der Waals surface area contributed by atoms with Gasteiger partial charge in [-0.3, -0.25) is 0 Å². The van der Waals surface area contributed by atoms with E-state index in [1.165, 1.54) is 43.9 Å². The summed E-state index contributed by atoms with van der Waals surface area (Å²) in [4.78, 5) is 7.37. The van der Waals surface area contributed by atoms with Crippen molar-refractivity contribution in [3.63, 3.8) is 0 Å². The van der Waals surface area contributed by atoms with Gasteiger partial charge in [0.1, 0.15) is 0 Å². The van der Waals surface area contributed by atoms with Gasteiger partial charge in [0.25, 0.3) is 0 Å². The number of likely N-dealkylation sites (N-methyl/N-ethyl adjacent to an activating group) is 1. The highest BCUT2D eigenvalue weighted by atomic mass is 16.5. The van der Waals surface area contributed by atoms with E-state index in [1.807, 2.05) is 6.07 Å². The summed E-state index contributed by atoms with van der Waals surface area (Å²) >= 11 is 0. The molecule has 24 heavy (non-hydrogen) atoms. The molecular formula is C19H32N4O. The molecule has 2 aliphatic rings. The van der Waals surface area contributed by atoms with Gasteiger partial charge in [0.05, 0.1) is 6.61 Å². The molecule has 0 saturated carbocycles. The maximum atomic E-state index is 5.95. The van der Waals surface area contributed by atoms with Crippen molar-refractivity contribution in [2.75, 3.05) is 76.7 Å². The third-order valence-electron chi connectivity index (χ3n) is 5.19. The number of piperazine rings is 1. The summed E-state index contributed by atoms with van der Waals surface area (Å²) < 4.78 is 5.88. The number of nitrogens with zero attached hydrogens (tertiary/aromatic N) is 3. The highest BCUT2D eigenvalue weighted by Gasteiger charge is 2.16. The van der Waals surface area contributed by atoms with Gasteiger partial charge >= 0.3 is 0 Å². The Morgan fingerprint density at radius 2 is 1.88 bits per heavy atom. The van der Waals surface area contributed by atoms with Crippen LogP contribution in [0.1, 0.15) is 18.4 Å². The molecule has 2 heterocycles. The first-order chi connectivity index (χ1) is 11.7. The Morgan fingerprint density at radius 1 is 1.04 bits per heavy atom. The molecule has 2 aliphatic heterocycles.